The van der Waals surface area contributed by atoms with Gasteiger partial charge in [0, 0.05) is 6.54 Å². The molecule has 2 aromatic carbocycles. The van der Waals surface area contributed by atoms with Crippen LogP contribution >= 0.6 is 0 Å². The van der Waals surface area contributed by atoms with Crippen LogP contribution in [-0.2, 0) is 6.42 Å². The molecule has 5 heteroatoms. The van der Waals surface area contributed by atoms with Gasteiger partial charge in [-0.25, -0.2) is 9.67 Å². The van der Waals surface area contributed by atoms with E-state index in [-0.39, 0.29) is 6.04 Å². The third-order valence-electron chi connectivity index (χ3n) is 4.60. The molecule has 3 heterocycles. The van der Waals surface area contributed by atoms with Gasteiger partial charge in [0.2, 0.25) is 0 Å². The molecule has 2 aliphatic heterocycles. The van der Waals surface area contributed by atoms with Gasteiger partial charge in [0.25, 0.3) is 0 Å². The van der Waals surface area contributed by atoms with Gasteiger partial charge in [0.05, 0.1) is 29.8 Å². The van der Waals surface area contributed by atoms with Gasteiger partial charge in [-0.1, -0.05) is 48.5 Å². The molecule has 25 heavy (non-hydrogen) atoms. The van der Waals surface area contributed by atoms with Crippen molar-refractivity contribution in [1.29, 1.82) is 0 Å². The summed E-state index contributed by atoms with van der Waals surface area (Å²) in [5.41, 5.74) is 3.32. The van der Waals surface area contributed by atoms with Crippen molar-refractivity contribution in [1.82, 2.24) is 14.7 Å². The van der Waals surface area contributed by atoms with Crippen LogP contribution in [0.5, 0.6) is 0 Å². The topological polar surface area (TPSA) is 45.8 Å². The standard InChI is InChI=1S/C20H17N5/c1-3-7-15(8-4-1)11-16-13-24-14-21-19-18(20(24)23-16)12-22-25(19)17-9-5-2-6-10-17/h1-10,12,14,16H,11,13H2/t16-/m1/s1. The summed E-state index contributed by atoms with van der Waals surface area (Å²) in [4.78, 5) is 11.7. The average Bonchev–Trinajstić information content (AvgIpc) is 3.26. The molecular formula is C20H17N5. The van der Waals surface area contributed by atoms with Gasteiger partial charge in [-0.3, -0.25) is 4.99 Å². The van der Waals surface area contributed by atoms with E-state index in [2.05, 4.69) is 39.3 Å². The summed E-state index contributed by atoms with van der Waals surface area (Å²) >= 11 is 0. The van der Waals surface area contributed by atoms with Crippen LogP contribution in [-0.4, -0.2) is 39.4 Å². The Morgan fingerprint density at radius 3 is 2.52 bits per heavy atom. The van der Waals surface area contributed by atoms with Crippen molar-refractivity contribution in [2.45, 2.75) is 12.5 Å². The highest BCUT2D eigenvalue weighted by Gasteiger charge is 2.31. The predicted octanol–water partition coefficient (Wildman–Crippen LogP) is 3.22. The van der Waals surface area contributed by atoms with E-state index in [0.29, 0.717) is 0 Å². The molecule has 0 bridgehead atoms. The van der Waals surface area contributed by atoms with Gasteiger partial charge in [0.15, 0.2) is 5.82 Å². The van der Waals surface area contributed by atoms with E-state index in [1.807, 2.05) is 53.6 Å². The minimum Gasteiger partial charge on any atom is -0.315 e. The molecule has 0 unspecified atom stereocenters. The molecule has 5 rings (SSSR count). The first-order chi connectivity index (χ1) is 12.4. The molecule has 122 valence electrons. The zero-order valence-corrected chi connectivity index (χ0v) is 13.7. The number of aliphatic imine (C=N–C) groups is 2. The highest BCUT2D eigenvalue weighted by Crippen LogP contribution is 2.30. The monoisotopic (exact) mass is 327 g/mol. The molecule has 1 atom stereocenters. The number of hydrogen-bond donors (Lipinski definition) is 0. The second-order valence-electron chi connectivity index (χ2n) is 6.32. The summed E-state index contributed by atoms with van der Waals surface area (Å²) in [5.74, 6) is 1.83. The van der Waals surface area contributed by atoms with Crippen LogP contribution < -0.4 is 0 Å². The van der Waals surface area contributed by atoms with Crippen LogP contribution in [0.15, 0.2) is 76.8 Å². The van der Waals surface area contributed by atoms with Crippen molar-refractivity contribution in [3.63, 3.8) is 0 Å². The zero-order chi connectivity index (χ0) is 16.6. The van der Waals surface area contributed by atoms with Crippen molar-refractivity contribution in [2.24, 2.45) is 9.98 Å². The van der Waals surface area contributed by atoms with Crippen LogP contribution in [0.4, 0.5) is 5.82 Å². The average molecular weight is 327 g/mol. The Labute approximate surface area is 146 Å². The van der Waals surface area contributed by atoms with Crippen molar-refractivity contribution >= 4 is 18.0 Å². The van der Waals surface area contributed by atoms with Crippen molar-refractivity contribution in [3.05, 3.63) is 78.0 Å². The third kappa shape index (κ3) is 2.45. The first-order valence-corrected chi connectivity index (χ1v) is 8.45. The normalized spacial score (nSPS) is 18.0. The summed E-state index contributed by atoms with van der Waals surface area (Å²) in [6.07, 6.45) is 4.69. The van der Waals surface area contributed by atoms with Crippen molar-refractivity contribution in [2.75, 3.05) is 6.54 Å². The zero-order valence-electron chi connectivity index (χ0n) is 13.7. The molecule has 0 N–H and O–H groups in total. The summed E-state index contributed by atoms with van der Waals surface area (Å²) in [6.45, 7) is 0.865. The van der Waals surface area contributed by atoms with Gasteiger partial charge >= 0.3 is 0 Å². The SMILES string of the molecule is C1=Nc2c(cnn2-c2ccccc2)C2=N[C@H](Cc3ccccc3)CN12. The summed E-state index contributed by atoms with van der Waals surface area (Å²) < 4.78 is 1.87. The van der Waals surface area contributed by atoms with Crippen molar-refractivity contribution in [3.8, 4) is 5.69 Å². The van der Waals surface area contributed by atoms with Gasteiger partial charge in [-0.05, 0) is 24.1 Å². The minimum absolute atomic E-state index is 0.245. The Balaban J connectivity index is 1.48. The molecule has 0 spiro atoms. The van der Waals surface area contributed by atoms with E-state index in [4.69, 9.17) is 4.99 Å². The predicted molar refractivity (Wildman–Crippen MR) is 98.9 cm³/mol. The maximum atomic E-state index is 4.95. The van der Waals surface area contributed by atoms with E-state index >= 15 is 0 Å². The minimum atomic E-state index is 0.245. The lowest BCUT2D eigenvalue weighted by Gasteiger charge is -2.19. The number of hydrogen-bond acceptors (Lipinski definition) is 4. The van der Waals surface area contributed by atoms with Gasteiger partial charge in [0.1, 0.15) is 5.84 Å². The van der Waals surface area contributed by atoms with Gasteiger partial charge < -0.3 is 4.90 Å². The molecule has 2 aliphatic rings. The maximum absolute atomic E-state index is 4.95. The lowest BCUT2D eigenvalue weighted by atomic mass is 10.1. The summed E-state index contributed by atoms with van der Waals surface area (Å²) in [5, 5.41) is 4.53. The second kappa shape index (κ2) is 5.70. The van der Waals surface area contributed by atoms with E-state index in [0.717, 1.165) is 35.9 Å². The Morgan fingerprint density at radius 1 is 0.960 bits per heavy atom. The van der Waals surface area contributed by atoms with E-state index < -0.39 is 0 Å². The molecule has 0 aliphatic carbocycles. The van der Waals surface area contributed by atoms with E-state index in [1.54, 1.807) is 0 Å². The number of fused-ring (bicyclic) bond motifs is 3. The van der Waals surface area contributed by atoms with Crippen LogP contribution in [0.3, 0.4) is 0 Å². The Morgan fingerprint density at radius 2 is 1.72 bits per heavy atom. The molecule has 1 aromatic heterocycles. The quantitative estimate of drug-likeness (QED) is 0.741. The number of rotatable bonds is 3. The van der Waals surface area contributed by atoms with E-state index in [9.17, 15) is 0 Å². The summed E-state index contributed by atoms with van der Waals surface area (Å²) in [6, 6.07) is 20.8. The highest BCUT2D eigenvalue weighted by atomic mass is 15.4. The molecule has 0 saturated carbocycles. The van der Waals surface area contributed by atoms with E-state index in [1.165, 1.54) is 5.56 Å². The molecule has 0 amide bonds. The third-order valence-corrected chi connectivity index (χ3v) is 4.60. The number of amidine groups is 1. The van der Waals surface area contributed by atoms with Crippen molar-refractivity contribution < 1.29 is 0 Å². The molecule has 0 radical (unpaired) electrons. The Kier molecular flexibility index (Phi) is 3.23. The lowest BCUT2D eigenvalue weighted by molar-refractivity contribution is 0.578. The number of benzene rings is 2. The molecular weight excluding hydrogens is 310 g/mol. The fourth-order valence-corrected chi connectivity index (χ4v) is 3.43. The van der Waals surface area contributed by atoms with Gasteiger partial charge in [-0.15, -0.1) is 0 Å². The maximum Gasteiger partial charge on any atom is 0.168 e. The molecule has 0 fully saturated rings. The number of nitrogens with zero attached hydrogens (tertiary/aromatic N) is 5. The van der Waals surface area contributed by atoms with Gasteiger partial charge in [-0.2, -0.15) is 5.10 Å². The Hall–Kier alpha value is -3.21. The van der Waals surface area contributed by atoms with Crippen LogP contribution in [0.25, 0.3) is 5.69 Å². The molecule has 5 nitrogen and oxygen atoms in total. The smallest absolute Gasteiger partial charge is 0.168 e. The molecule has 0 saturated heterocycles. The van der Waals surface area contributed by atoms with Crippen LogP contribution in [0, 0.1) is 0 Å². The summed E-state index contributed by atoms with van der Waals surface area (Å²) in [7, 11) is 0. The second-order valence-corrected chi connectivity index (χ2v) is 6.32. The first-order valence-electron chi connectivity index (χ1n) is 8.45. The fraction of sp³-hybridized carbons (Fsp3) is 0.150. The fourth-order valence-electron chi connectivity index (χ4n) is 3.43. The Bertz CT molecular complexity index is 956. The number of aromatic nitrogens is 2. The van der Waals surface area contributed by atoms with Crippen LogP contribution in [0.1, 0.15) is 11.1 Å². The first kappa shape index (κ1) is 14.2. The van der Waals surface area contributed by atoms with Crippen LogP contribution in [0.2, 0.25) is 0 Å². The molecule has 3 aromatic rings. The highest BCUT2D eigenvalue weighted by molar-refractivity contribution is 6.11. The largest absolute Gasteiger partial charge is 0.315 e. The number of para-hydroxylation sites is 1. The lowest BCUT2D eigenvalue weighted by Crippen LogP contribution is -2.30.